The summed E-state index contributed by atoms with van der Waals surface area (Å²) >= 11 is 0. The van der Waals surface area contributed by atoms with Crippen molar-refractivity contribution in [1.82, 2.24) is 9.62 Å². The smallest absolute Gasteiger partial charge is 0.214 e. The highest BCUT2D eigenvalue weighted by Crippen LogP contribution is 2.18. The second-order valence-corrected chi connectivity index (χ2v) is 6.05. The second kappa shape index (κ2) is 5.50. The fraction of sp³-hybridized carbons (Fsp3) is 0.800. The molecule has 1 rings (SSSR count). The Kier molecular flexibility index (Phi) is 4.58. The predicted molar refractivity (Wildman–Crippen MR) is 60.9 cm³/mol. The molecule has 0 bridgehead atoms. The topological polar surface area (TPSA) is 49.4 Å². The van der Waals surface area contributed by atoms with Crippen LogP contribution in [0, 0.1) is 12.3 Å². The van der Waals surface area contributed by atoms with Gasteiger partial charge in [0.2, 0.25) is 10.0 Å². The summed E-state index contributed by atoms with van der Waals surface area (Å²) in [5.41, 5.74) is 0. The van der Waals surface area contributed by atoms with Crippen molar-refractivity contribution in [3.8, 4) is 12.3 Å². The van der Waals surface area contributed by atoms with Gasteiger partial charge in [-0.3, -0.25) is 0 Å². The Balaban J connectivity index is 2.19. The average molecular weight is 230 g/mol. The molecule has 1 aliphatic carbocycles. The summed E-state index contributed by atoms with van der Waals surface area (Å²) in [5, 5.41) is 3.28. The van der Waals surface area contributed by atoms with E-state index in [1.165, 1.54) is 24.2 Å². The van der Waals surface area contributed by atoms with Crippen molar-refractivity contribution >= 4 is 10.0 Å². The summed E-state index contributed by atoms with van der Waals surface area (Å²) in [4.78, 5) is 0. The van der Waals surface area contributed by atoms with Gasteiger partial charge < -0.3 is 5.32 Å². The van der Waals surface area contributed by atoms with Crippen molar-refractivity contribution in [2.75, 3.05) is 25.9 Å². The maximum Gasteiger partial charge on any atom is 0.214 e. The zero-order valence-corrected chi connectivity index (χ0v) is 9.89. The zero-order valence-electron chi connectivity index (χ0n) is 9.07. The van der Waals surface area contributed by atoms with Crippen molar-refractivity contribution in [3.05, 3.63) is 0 Å². The first-order valence-electron chi connectivity index (χ1n) is 5.17. The zero-order chi connectivity index (χ0) is 11.3. The van der Waals surface area contributed by atoms with Gasteiger partial charge in [0.25, 0.3) is 0 Å². The maximum absolute atomic E-state index is 11.6. The van der Waals surface area contributed by atoms with Crippen LogP contribution in [0.3, 0.4) is 0 Å². The van der Waals surface area contributed by atoms with Crippen molar-refractivity contribution in [1.29, 1.82) is 0 Å². The molecule has 1 N–H and O–H groups in total. The molecule has 0 aromatic carbocycles. The normalized spacial score (nSPS) is 16.6. The lowest BCUT2D eigenvalue weighted by atomic mass is 10.5. The van der Waals surface area contributed by atoms with Crippen molar-refractivity contribution < 1.29 is 8.42 Å². The minimum atomic E-state index is -3.15. The van der Waals surface area contributed by atoms with Crippen LogP contribution >= 0.6 is 0 Å². The minimum Gasteiger partial charge on any atom is -0.314 e. The Morgan fingerprint density at radius 2 is 2.20 bits per heavy atom. The van der Waals surface area contributed by atoms with E-state index < -0.39 is 10.0 Å². The summed E-state index contributed by atoms with van der Waals surface area (Å²) in [7, 11) is -1.63. The van der Waals surface area contributed by atoms with E-state index in [1.54, 1.807) is 0 Å². The predicted octanol–water partition coefficient (Wildman–Crippen LogP) is 0.0233. The molecule has 86 valence electrons. The van der Waals surface area contributed by atoms with E-state index in [0.717, 1.165) is 6.54 Å². The Labute approximate surface area is 92.1 Å². The van der Waals surface area contributed by atoms with Crippen LogP contribution in [0.25, 0.3) is 0 Å². The third-order valence-electron chi connectivity index (χ3n) is 2.38. The van der Waals surface area contributed by atoms with Gasteiger partial charge in [-0.25, -0.2) is 8.42 Å². The molecule has 1 aliphatic rings. The van der Waals surface area contributed by atoms with Gasteiger partial charge in [0, 0.05) is 13.1 Å². The SMILES string of the molecule is C#CCN(C)S(=O)(=O)CCCNC1CC1. The van der Waals surface area contributed by atoms with Crippen molar-refractivity contribution in [3.63, 3.8) is 0 Å². The highest BCUT2D eigenvalue weighted by molar-refractivity contribution is 7.89. The van der Waals surface area contributed by atoms with Crippen LogP contribution in [0.15, 0.2) is 0 Å². The van der Waals surface area contributed by atoms with Gasteiger partial charge in [0.1, 0.15) is 0 Å². The molecule has 0 aromatic rings. The van der Waals surface area contributed by atoms with Gasteiger partial charge in [0.15, 0.2) is 0 Å². The Bertz CT molecular complexity index is 328. The third-order valence-corrected chi connectivity index (χ3v) is 4.26. The van der Waals surface area contributed by atoms with Crippen LogP contribution in [-0.4, -0.2) is 44.7 Å². The molecule has 0 spiro atoms. The van der Waals surface area contributed by atoms with Gasteiger partial charge in [0.05, 0.1) is 12.3 Å². The molecular weight excluding hydrogens is 212 g/mol. The summed E-state index contributed by atoms with van der Waals surface area (Å²) in [6.07, 6.45) is 8.16. The highest BCUT2D eigenvalue weighted by Gasteiger charge is 2.21. The third kappa shape index (κ3) is 4.65. The van der Waals surface area contributed by atoms with E-state index in [-0.39, 0.29) is 12.3 Å². The van der Waals surface area contributed by atoms with E-state index in [4.69, 9.17) is 6.42 Å². The van der Waals surface area contributed by atoms with Gasteiger partial charge in [-0.1, -0.05) is 5.92 Å². The molecule has 1 fully saturated rings. The number of nitrogens with one attached hydrogen (secondary N) is 1. The van der Waals surface area contributed by atoms with E-state index in [0.29, 0.717) is 12.5 Å². The first kappa shape index (κ1) is 12.5. The lowest BCUT2D eigenvalue weighted by Crippen LogP contribution is -2.31. The molecule has 0 atom stereocenters. The van der Waals surface area contributed by atoms with E-state index >= 15 is 0 Å². The van der Waals surface area contributed by atoms with Crippen LogP contribution in [0.1, 0.15) is 19.3 Å². The van der Waals surface area contributed by atoms with E-state index in [9.17, 15) is 8.42 Å². The van der Waals surface area contributed by atoms with Crippen LogP contribution in [0.4, 0.5) is 0 Å². The Morgan fingerprint density at radius 3 is 2.73 bits per heavy atom. The average Bonchev–Trinajstić information content (AvgIpc) is 2.96. The largest absolute Gasteiger partial charge is 0.314 e. The molecule has 0 unspecified atom stereocenters. The first-order valence-corrected chi connectivity index (χ1v) is 6.78. The lowest BCUT2D eigenvalue weighted by Gasteiger charge is -2.13. The van der Waals surface area contributed by atoms with E-state index in [1.807, 2.05) is 0 Å². The number of rotatable bonds is 7. The molecule has 4 nitrogen and oxygen atoms in total. The summed E-state index contributed by atoms with van der Waals surface area (Å²) in [6, 6.07) is 0.635. The molecule has 0 aromatic heterocycles. The summed E-state index contributed by atoms with van der Waals surface area (Å²) < 4.78 is 24.4. The molecule has 0 radical (unpaired) electrons. The Morgan fingerprint density at radius 1 is 1.53 bits per heavy atom. The highest BCUT2D eigenvalue weighted by atomic mass is 32.2. The van der Waals surface area contributed by atoms with Gasteiger partial charge in [-0.2, -0.15) is 4.31 Å². The van der Waals surface area contributed by atoms with Gasteiger partial charge >= 0.3 is 0 Å². The van der Waals surface area contributed by atoms with Crippen LogP contribution in [0.5, 0.6) is 0 Å². The number of terminal acetylenes is 1. The van der Waals surface area contributed by atoms with Crippen LogP contribution in [-0.2, 0) is 10.0 Å². The van der Waals surface area contributed by atoms with Crippen LogP contribution in [0.2, 0.25) is 0 Å². The molecule has 1 saturated carbocycles. The monoisotopic (exact) mass is 230 g/mol. The molecule has 0 aliphatic heterocycles. The number of hydrogen-bond acceptors (Lipinski definition) is 3. The molecule has 0 heterocycles. The fourth-order valence-corrected chi connectivity index (χ4v) is 2.32. The standard InChI is InChI=1S/C10H18N2O2S/c1-3-8-12(2)15(13,14)9-4-7-11-10-5-6-10/h1,10-11H,4-9H2,2H3. The number of nitrogens with zero attached hydrogens (tertiary/aromatic N) is 1. The maximum atomic E-state index is 11.6. The molecule has 5 heteroatoms. The number of hydrogen-bond donors (Lipinski definition) is 1. The molecule has 0 saturated heterocycles. The minimum absolute atomic E-state index is 0.151. The van der Waals surface area contributed by atoms with Crippen molar-refractivity contribution in [2.45, 2.75) is 25.3 Å². The quantitative estimate of drug-likeness (QED) is 0.495. The summed E-state index contributed by atoms with van der Waals surface area (Å²) in [6.45, 7) is 0.923. The van der Waals surface area contributed by atoms with Crippen molar-refractivity contribution in [2.24, 2.45) is 0 Å². The van der Waals surface area contributed by atoms with Gasteiger partial charge in [-0.05, 0) is 25.8 Å². The first-order chi connectivity index (χ1) is 7.06. The van der Waals surface area contributed by atoms with E-state index in [2.05, 4.69) is 11.2 Å². The number of sulfonamides is 1. The fourth-order valence-electron chi connectivity index (χ4n) is 1.23. The lowest BCUT2D eigenvalue weighted by molar-refractivity contribution is 0.499. The van der Waals surface area contributed by atoms with Crippen LogP contribution < -0.4 is 5.32 Å². The summed E-state index contributed by atoms with van der Waals surface area (Å²) in [5.74, 6) is 2.49. The Hall–Kier alpha value is -0.570. The second-order valence-electron chi connectivity index (χ2n) is 3.86. The molecule has 15 heavy (non-hydrogen) atoms. The molecule has 0 amide bonds. The van der Waals surface area contributed by atoms with Gasteiger partial charge in [-0.15, -0.1) is 6.42 Å². The molecular formula is C10H18N2O2S.